The summed E-state index contributed by atoms with van der Waals surface area (Å²) in [4.78, 5) is 50.4. The fourth-order valence-corrected chi connectivity index (χ4v) is 7.08. The fourth-order valence-electron chi connectivity index (χ4n) is 6.70. The van der Waals surface area contributed by atoms with Gasteiger partial charge in [-0.2, -0.15) is 0 Å². The topological polar surface area (TPSA) is 210 Å². The first-order chi connectivity index (χ1) is 30.0. The number of nitrogens with zero attached hydrogens (tertiary/aromatic N) is 8. The molecular weight excluding hydrogens is 855 g/mol. The zero-order chi connectivity index (χ0) is 44.0. The number of hydrogen-bond acceptors (Lipinski definition) is 14. The number of ether oxygens (including phenoxy) is 2. The molecule has 6 heterocycles. The highest BCUT2D eigenvalue weighted by molar-refractivity contribution is 9.10. The number of hydrogen-bond donors (Lipinski definition) is 4. The Morgan fingerprint density at radius 1 is 0.597 bits per heavy atom. The smallest absolute Gasteiger partial charge is 0.488 e. The second-order valence-corrected chi connectivity index (χ2v) is 14.9. The van der Waals surface area contributed by atoms with Crippen molar-refractivity contribution in [2.45, 2.75) is 0 Å². The Morgan fingerprint density at radius 3 is 1.47 bits per heavy atom. The summed E-state index contributed by atoms with van der Waals surface area (Å²) >= 11 is 3.34. The summed E-state index contributed by atoms with van der Waals surface area (Å²) in [5.41, 5.74) is 16.5. The average molecular weight is 904 g/mol. The first kappa shape index (κ1) is 44.8. The Kier molecular flexibility index (Phi) is 15.7. The number of carbonyl (C=O) groups is 2. The molecule has 2 saturated heterocycles. The molecule has 62 heavy (non-hydrogen) atoms. The minimum absolute atomic E-state index is 0.0852. The lowest BCUT2D eigenvalue weighted by molar-refractivity contribution is 0.0733. The van der Waals surface area contributed by atoms with Crippen molar-refractivity contribution in [2.75, 3.05) is 87.8 Å². The highest BCUT2D eigenvalue weighted by Crippen LogP contribution is 2.30. The largest absolute Gasteiger partial charge is 0.496 e. The monoisotopic (exact) mass is 902 g/mol. The number of methoxy groups -OCH3 is 2. The molecule has 18 heteroatoms. The maximum Gasteiger partial charge on any atom is 0.488 e. The second kappa shape index (κ2) is 21.7. The third-order valence-electron chi connectivity index (χ3n) is 10.2. The number of nitrogen functional groups attached to an aromatic ring is 2. The van der Waals surface area contributed by atoms with Crippen LogP contribution in [0, 0.1) is 0 Å². The van der Waals surface area contributed by atoms with E-state index in [1.54, 1.807) is 92.4 Å². The molecule has 4 aromatic heterocycles. The molecule has 320 valence electrons. The van der Waals surface area contributed by atoms with Crippen LogP contribution in [0.3, 0.4) is 0 Å². The molecule has 0 aliphatic carbocycles. The van der Waals surface area contributed by atoms with Crippen LogP contribution in [0.1, 0.15) is 21.0 Å². The Morgan fingerprint density at radius 2 is 1.05 bits per heavy atom. The molecule has 0 radical (unpaired) electrons. The molecule has 2 fully saturated rings. The normalized spacial score (nSPS) is 13.5. The first-order valence-electron chi connectivity index (χ1n) is 19.8. The van der Waals surface area contributed by atoms with E-state index < -0.39 is 7.12 Å². The summed E-state index contributed by atoms with van der Waals surface area (Å²) in [5, 5.41) is 17.2. The lowest BCUT2D eigenvalue weighted by Crippen LogP contribution is -2.49. The molecule has 2 aromatic carbocycles. The minimum atomic E-state index is -1.34. The number of amides is 2. The predicted molar refractivity (Wildman–Crippen MR) is 245 cm³/mol. The Bertz CT molecular complexity index is 2370. The molecule has 2 aliphatic rings. The molecule has 2 aliphatic heterocycles. The summed E-state index contributed by atoms with van der Waals surface area (Å²) in [6, 6.07) is 29.4. The van der Waals surface area contributed by atoms with Crippen molar-refractivity contribution in [3.8, 4) is 22.6 Å². The Hall–Kier alpha value is -6.76. The predicted octanol–water partition coefficient (Wildman–Crippen LogP) is 3.86. The van der Waals surface area contributed by atoms with Crippen LogP contribution in [-0.2, 0) is 0 Å². The van der Waals surface area contributed by atoms with E-state index in [4.69, 9.17) is 31.0 Å². The van der Waals surface area contributed by atoms with Gasteiger partial charge in [-0.1, -0.05) is 60.7 Å². The first-order valence-corrected chi connectivity index (χ1v) is 20.6. The van der Waals surface area contributed by atoms with E-state index in [1.807, 2.05) is 53.4 Å². The number of pyridine rings is 4. The number of halogens is 1. The molecule has 6 aromatic rings. The third kappa shape index (κ3) is 11.7. The van der Waals surface area contributed by atoms with Gasteiger partial charge in [0, 0.05) is 82.4 Å². The number of benzene rings is 2. The molecule has 8 rings (SSSR count). The van der Waals surface area contributed by atoms with Crippen LogP contribution in [0.5, 0.6) is 11.5 Å². The fraction of sp³-hybridized carbons (Fsp3) is 0.227. The molecule has 0 saturated carbocycles. The van der Waals surface area contributed by atoms with E-state index in [0.717, 1.165) is 53.2 Å². The van der Waals surface area contributed by atoms with Crippen LogP contribution in [0.15, 0.2) is 126 Å². The van der Waals surface area contributed by atoms with Crippen molar-refractivity contribution >= 4 is 63.3 Å². The molecule has 6 N–H and O–H groups in total. The van der Waals surface area contributed by atoms with Gasteiger partial charge in [-0.3, -0.25) is 14.6 Å². The molecule has 0 spiro atoms. The van der Waals surface area contributed by atoms with E-state index in [-0.39, 0.29) is 11.8 Å². The van der Waals surface area contributed by atoms with Crippen LogP contribution in [0.25, 0.3) is 11.1 Å². The Balaban J connectivity index is 0.000000175. The summed E-state index contributed by atoms with van der Waals surface area (Å²) in [6.45, 7) is 5.44. The zero-order valence-corrected chi connectivity index (χ0v) is 36.0. The van der Waals surface area contributed by atoms with Gasteiger partial charge in [-0.25, -0.2) is 15.0 Å². The van der Waals surface area contributed by atoms with Crippen molar-refractivity contribution < 1.29 is 29.1 Å². The van der Waals surface area contributed by atoms with E-state index in [9.17, 15) is 9.59 Å². The number of anilines is 4. The van der Waals surface area contributed by atoms with Crippen molar-refractivity contribution in [1.82, 2.24) is 29.7 Å². The summed E-state index contributed by atoms with van der Waals surface area (Å²) in [7, 11) is 1.83. The van der Waals surface area contributed by atoms with Crippen LogP contribution in [0.2, 0.25) is 0 Å². The zero-order valence-electron chi connectivity index (χ0n) is 34.4. The van der Waals surface area contributed by atoms with Crippen LogP contribution in [-0.4, -0.2) is 125 Å². The van der Waals surface area contributed by atoms with E-state index in [0.29, 0.717) is 66.2 Å². The van der Waals surface area contributed by atoms with E-state index in [2.05, 4.69) is 45.7 Å². The van der Waals surface area contributed by atoms with Crippen molar-refractivity contribution in [2.24, 2.45) is 0 Å². The molecular formula is C44H48BBrN10O6. The third-order valence-corrected chi connectivity index (χ3v) is 10.7. The Labute approximate surface area is 369 Å². The quantitative estimate of drug-likeness (QED) is 0.160. The van der Waals surface area contributed by atoms with Gasteiger partial charge in [0.1, 0.15) is 34.5 Å². The van der Waals surface area contributed by atoms with Gasteiger partial charge in [0.05, 0.1) is 42.5 Å². The van der Waals surface area contributed by atoms with Crippen molar-refractivity contribution in [3.63, 3.8) is 0 Å². The summed E-state index contributed by atoms with van der Waals surface area (Å²) in [6.07, 6.45) is 6.82. The van der Waals surface area contributed by atoms with Crippen molar-refractivity contribution in [3.05, 3.63) is 138 Å². The highest BCUT2D eigenvalue weighted by Gasteiger charge is 2.26. The second-order valence-electron chi connectivity index (χ2n) is 14.1. The number of rotatable bonds is 8. The number of carbonyl (C=O) groups excluding carboxylic acids is 2. The average Bonchev–Trinajstić information content (AvgIpc) is 3.32. The van der Waals surface area contributed by atoms with Crippen LogP contribution >= 0.6 is 15.9 Å². The van der Waals surface area contributed by atoms with Gasteiger partial charge in [0.25, 0.3) is 11.8 Å². The van der Waals surface area contributed by atoms with E-state index in [1.165, 1.54) is 0 Å². The number of aromatic nitrogens is 4. The molecule has 0 bridgehead atoms. The van der Waals surface area contributed by atoms with Crippen LogP contribution < -0.4 is 36.2 Å². The van der Waals surface area contributed by atoms with Crippen molar-refractivity contribution in [1.29, 1.82) is 0 Å². The summed E-state index contributed by atoms with van der Waals surface area (Å²) < 4.78 is 11.5. The van der Waals surface area contributed by atoms with Gasteiger partial charge >= 0.3 is 7.12 Å². The van der Waals surface area contributed by atoms with Crippen LogP contribution in [0.4, 0.5) is 23.0 Å². The lowest BCUT2D eigenvalue weighted by Gasteiger charge is -2.35. The number of nitrogens with two attached hydrogens (primary N) is 2. The summed E-state index contributed by atoms with van der Waals surface area (Å²) in [5.74, 6) is 2.07. The lowest BCUT2D eigenvalue weighted by atomic mass is 9.81. The highest BCUT2D eigenvalue weighted by atomic mass is 79.9. The van der Waals surface area contributed by atoms with Gasteiger partial charge in [-0.05, 0) is 51.2 Å². The van der Waals surface area contributed by atoms with Gasteiger partial charge < -0.3 is 50.6 Å². The number of piperazine rings is 2. The molecule has 0 atom stereocenters. The SMILES string of the molecule is COc1cc(C(=O)N2CCN(c3ccc(N)nc3)CC2)ncc1-c1ccccc1.COc1cc(C(=O)N2CCN(c3ccc(N)nc3)CC2)ncc1Br.OB(O)c1ccccc1. The maximum absolute atomic E-state index is 13.0. The van der Waals surface area contributed by atoms with Gasteiger partial charge in [-0.15, -0.1) is 0 Å². The van der Waals surface area contributed by atoms with Gasteiger partial charge in [0.2, 0.25) is 0 Å². The van der Waals surface area contributed by atoms with E-state index >= 15 is 0 Å². The minimum Gasteiger partial charge on any atom is -0.496 e. The maximum atomic E-state index is 13.0. The molecule has 2 amide bonds. The molecule has 16 nitrogen and oxygen atoms in total. The van der Waals surface area contributed by atoms with Gasteiger partial charge in [0.15, 0.2) is 0 Å². The standard InChI is InChI=1S/C22H23N5O2.C16H18BrN5O2.C6H7BO2/c1-29-20-13-19(24-15-18(20)16-5-3-2-4-6-16)22(28)27-11-9-26(10-12-27)17-7-8-21(23)25-14-17;1-24-14-8-13(19-10-12(14)17)16(23)22-6-4-21(5-7-22)11-2-3-15(18)20-9-11;8-7(9)6-4-2-1-3-5-6/h2-8,13-15H,9-12H2,1H3,(H2,23,25);2-3,8-10H,4-7H2,1H3,(H2,18,20);1-5,8-9H. The molecule has 0 unspecified atom stereocenters.